The highest BCUT2D eigenvalue weighted by Crippen LogP contribution is 2.29. The van der Waals surface area contributed by atoms with Gasteiger partial charge in [-0.25, -0.2) is 4.98 Å². The molecule has 7 aromatic rings. The summed E-state index contributed by atoms with van der Waals surface area (Å²) in [5, 5.41) is 5.36. The van der Waals surface area contributed by atoms with Crippen LogP contribution in [0.25, 0.3) is 34.7 Å². The Labute approximate surface area is 247 Å². The van der Waals surface area contributed by atoms with Gasteiger partial charge in [-0.2, -0.15) is 0 Å². The molecule has 0 bridgehead atoms. The van der Waals surface area contributed by atoms with Crippen molar-refractivity contribution in [3.63, 3.8) is 0 Å². The van der Waals surface area contributed by atoms with Gasteiger partial charge in [0.2, 0.25) is 5.78 Å². The van der Waals surface area contributed by atoms with E-state index in [9.17, 15) is 0 Å². The zero-order chi connectivity index (χ0) is 28.5. The Hall–Kier alpha value is -5.19. The minimum absolute atomic E-state index is 0.878. The number of hydrogen-bond donors (Lipinski definition) is 0. The van der Waals surface area contributed by atoms with Crippen molar-refractivity contribution >= 4 is 57.8 Å². The first-order valence-corrected chi connectivity index (χ1v) is 16.3. The predicted octanol–water partition coefficient (Wildman–Crippen LogP) is 6.33. The van der Waals surface area contributed by atoms with Crippen molar-refractivity contribution in [2.24, 2.45) is 0 Å². The van der Waals surface area contributed by atoms with E-state index in [2.05, 4.69) is 168 Å². The fourth-order valence-corrected chi connectivity index (χ4v) is 11.2. The van der Waals surface area contributed by atoms with Crippen LogP contribution in [0.5, 0.6) is 0 Å². The second-order valence-electron chi connectivity index (χ2n) is 10.4. The zero-order valence-electron chi connectivity index (χ0n) is 23.6. The van der Waals surface area contributed by atoms with Crippen molar-refractivity contribution < 1.29 is 0 Å². The lowest BCUT2D eigenvalue weighted by Crippen LogP contribution is -2.74. The molecule has 42 heavy (non-hydrogen) atoms. The normalized spacial score (nSPS) is 11.9. The Morgan fingerprint density at radius 1 is 0.619 bits per heavy atom. The summed E-state index contributed by atoms with van der Waals surface area (Å²) in [6.45, 7) is 6.29. The van der Waals surface area contributed by atoms with E-state index in [1.165, 1.54) is 20.7 Å². The molecule has 0 spiro atoms. The molecule has 0 aliphatic rings. The van der Waals surface area contributed by atoms with E-state index >= 15 is 0 Å². The highest BCUT2D eigenvalue weighted by Gasteiger charge is 2.41. The lowest BCUT2D eigenvalue weighted by molar-refractivity contribution is 1.07. The first-order chi connectivity index (χ1) is 20.8. The van der Waals surface area contributed by atoms with Crippen LogP contribution in [0.15, 0.2) is 152 Å². The van der Waals surface area contributed by atoms with Crippen LogP contribution in [0.2, 0.25) is 0 Å². The topological polar surface area (TPSA) is 22.2 Å². The van der Waals surface area contributed by atoms with Gasteiger partial charge in [-0.15, -0.1) is 0 Å². The maximum Gasteiger partial charge on any atom is 0.220 e. The molecular weight excluding hydrogens is 527 g/mol. The van der Waals surface area contributed by atoms with Gasteiger partial charge in [-0.1, -0.05) is 128 Å². The Bertz CT molecular complexity index is 1960. The molecule has 4 heteroatoms. The number of rotatable bonds is 7. The van der Waals surface area contributed by atoms with Gasteiger partial charge in [-0.05, 0) is 64.1 Å². The van der Waals surface area contributed by atoms with E-state index in [1.54, 1.807) is 0 Å². The van der Waals surface area contributed by atoms with Gasteiger partial charge in [-0.3, -0.25) is 8.97 Å². The summed E-state index contributed by atoms with van der Waals surface area (Å²) in [5.41, 5.74) is 5.21. The summed E-state index contributed by atoms with van der Waals surface area (Å²) in [5.74, 6) is 0.878. The summed E-state index contributed by atoms with van der Waals surface area (Å²) >= 11 is 0. The monoisotopic (exact) mass is 557 g/mol. The number of benzene rings is 5. The van der Waals surface area contributed by atoms with E-state index < -0.39 is 8.07 Å². The molecule has 7 rings (SSSR count). The Balaban J connectivity index is 1.58. The number of allylic oxidation sites excluding steroid dienone is 1. The van der Waals surface area contributed by atoms with Gasteiger partial charge in [0.05, 0.1) is 22.4 Å². The number of hydrogen-bond acceptors (Lipinski definition) is 1. The maximum absolute atomic E-state index is 5.12. The van der Waals surface area contributed by atoms with Crippen molar-refractivity contribution in [1.29, 1.82) is 0 Å². The Morgan fingerprint density at radius 2 is 1.17 bits per heavy atom. The molecule has 202 valence electrons. The van der Waals surface area contributed by atoms with E-state index in [0.29, 0.717) is 0 Å². The lowest BCUT2D eigenvalue weighted by atomic mass is 10.2. The number of aromatic nitrogens is 3. The molecule has 2 heterocycles. The van der Waals surface area contributed by atoms with Gasteiger partial charge in [0.15, 0.2) is 8.07 Å². The molecule has 0 radical (unpaired) electrons. The van der Waals surface area contributed by atoms with Crippen LogP contribution in [0, 0.1) is 0 Å². The molecule has 0 N–H and O–H groups in total. The van der Waals surface area contributed by atoms with E-state index in [-0.39, 0.29) is 0 Å². The molecule has 0 atom stereocenters. The molecular formula is C38H31N3Si. The quantitative estimate of drug-likeness (QED) is 0.166. The van der Waals surface area contributed by atoms with E-state index in [4.69, 9.17) is 4.98 Å². The molecule has 5 aromatic carbocycles. The molecule has 0 aliphatic heterocycles. The predicted molar refractivity (Wildman–Crippen MR) is 180 cm³/mol. The van der Waals surface area contributed by atoms with Crippen LogP contribution in [0.1, 0.15) is 18.3 Å². The average molecular weight is 558 g/mol. The Morgan fingerprint density at radius 3 is 1.74 bits per heavy atom. The van der Waals surface area contributed by atoms with Crippen LogP contribution in [0.3, 0.4) is 0 Å². The van der Waals surface area contributed by atoms with Crippen molar-refractivity contribution in [2.45, 2.75) is 6.92 Å². The number of nitrogens with zero attached hydrogens (tertiary/aromatic N) is 3. The van der Waals surface area contributed by atoms with Crippen LogP contribution >= 0.6 is 0 Å². The number of imidazole rings is 2. The van der Waals surface area contributed by atoms with Crippen LogP contribution in [-0.2, 0) is 0 Å². The number of para-hydroxylation sites is 2. The highest BCUT2D eigenvalue weighted by atomic mass is 28.3. The maximum atomic E-state index is 5.12. The summed E-state index contributed by atoms with van der Waals surface area (Å²) < 4.78 is 4.50. The van der Waals surface area contributed by atoms with Gasteiger partial charge >= 0.3 is 0 Å². The smallest absolute Gasteiger partial charge is 0.220 e. The molecule has 0 saturated carbocycles. The zero-order valence-corrected chi connectivity index (χ0v) is 24.6. The van der Waals surface area contributed by atoms with E-state index in [1.807, 2.05) is 12.1 Å². The third-order valence-electron chi connectivity index (χ3n) is 8.16. The summed E-state index contributed by atoms with van der Waals surface area (Å²) in [7, 11) is -2.68. The second-order valence-corrected chi connectivity index (χ2v) is 14.3. The highest BCUT2D eigenvalue weighted by molar-refractivity contribution is 7.19. The summed E-state index contributed by atoms with van der Waals surface area (Å²) in [4.78, 5) is 5.12. The van der Waals surface area contributed by atoms with Gasteiger partial charge in [0.1, 0.15) is 0 Å². The average Bonchev–Trinajstić information content (AvgIpc) is 3.58. The molecule has 0 aliphatic carbocycles. The molecule has 2 aromatic heterocycles. The Kier molecular flexibility index (Phi) is 6.53. The van der Waals surface area contributed by atoms with Gasteiger partial charge in [0.25, 0.3) is 0 Å². The van der Waals surface area contributed by atoms with Gasteiger partial charge in [0, 0.05) is 5.69 Å². The van der Waals surface area contributed by atoms with Crippen molar-refractivity contribution in [3.05, 3.63) is 164 Å². The van der Waals surface area contributed by atoms with Crippen molar-refractivity contribution in [1.82, 2.24) is 14.0 Å². The summed E-state index contributed by atoms with van der Waals surface area (Å²) in [6, 6.07) is 50.5. The van der Waals surface area contributed by atoms with Crippen molar-refractivity contribution in [3.8, 4) is 5.69 Å². The largest absolute Gasteiger partial charge is 0.278 e. The van der Waals surface area contributed by atoms with Gasteiger partial charge < -0.3 is 0 Å². The second kappa shape index (κ2) is 10.7. The SMILES string of the molecule is C=Cc1c(/C=C\C)n2c3ccccc3nc2n1-c1cccc([Si](c2ccccc2)(c2ccccc2)c2ccccc2)c1. The van der Waals surface area contributed by atoms with Crippen LogP contribution in [-0.4, -0.2) is 22.0 Å². The third kappa shape index (κ3) is 3.91. The summed E-state index contributed by atoms with van der Waals surface area (Å²) in [6.07, 6.45) is 6.17. The fraction of sp³-hybridized carbons (Fsp3) is 0.0263. The van der Waals surface area contributed by atoms with Crippen LogP contribution in [0.4, 0.5) is 0 Å². The van der Waals surface area contributed by atoms with Crippen LogP contribution < -0.4 is 20.7 Å². The van der Waals surface area contributed by atoms with E-state index in [0.717, 1.165) is 33.9 Å². The minimum atomic E-state index is -2.68. The fourth-order valence-electron chi connectivity index (χ4n) is 6.45. The van der Waals surface area contributed by atoms with Crippen molar-refractivity contribution in [2.75, 3.05) is 0 Å². The molecule has 0 fully saturated rings. The molecule has 0 amide bonds. The molecule has 3 nitrogen and oxygen atoms in total. The third-order valence-corrected chi connectivity index (χ3v) is 12.9. The standard InChI is InChI=1S/C38H31N3Si/c1-3-17-37-35(4-2)40(38-39-34-26-14-15-27-36(34)41(37)38)29-18-16-25-33(28-29)42(30-19-8-5-9-20-30,31-21-10-6-11-22-31)32-23-12-7-13-24-32/h3-28H,2H2,1H3/b17-3-. The first-order valence-electron chi connectivity index (χ1n) is 14.3. The molecule has 0 saturated heterocycles. The minimum Gasteiger partial charge on any atom is -0.278 e. The lowest BCUT2D eigenvalue weighted by Gasteiger charge is -2.34. The first kappa shape index (κ1) is 25.8. The molecule has 0 unspecified atom stereocenters. The number of fused-ring (bicyclic) bond motifs is 3.